The Morgan fingerprint density at radius 1 is 1.10 bits per heavy atom. The molecule has 3 fully saturated rings. The van der Waals surface area contributed by atoms with E-state index in [1.807, 2.05) is 12.1 Å². The molecule has 3 aliphatic heterocycles. The summed E-state index contributed by atoms with van der Waals surface area (Å²) in [4.78, 5) is 2.55. The molecular weight excluding hydrogens is 316 g/mol. The minimum Gasteiger partial charge on any atom is -0.301 e. The first kappa shape index (κ1) is 12.5. The highest BCUT2D eigenvalue weighted by molar-refractivity contribution is 9.10. The summed E-state index contributed by atoms with van der Waals surface area (Å²) in [6.45, 7) is 3.65. The summed E-state index contributed by atoms with van der Waals surface area (Å²) in [6.07, 6.45) is 4.71. The topological polar surface area (TPSA) is 34.0 Å². The molecule has 4 nitrogen and oxygen atoms in total. The quantitative estimate of drug-likeness (QED) is 0.847. The first-order valence-corrected chi connectivity index (χ1v) is 7.99. The van der Waals surface area contributed by atoms with Crippen LogP contribution in [0.15, 0.2) is 34.9 Å². The van der Waals surface area contributed by atoms with E-state index in [4.69, 9.17) is 0 Å². The third kappa shape index (κ3) is 2.19. The average molecular weight is 333 g/mol. The summed E-state index contributed by atoms with van der Waals surface area (Å²) in [5.74, 6) is 0.777. The van der Waals surface area contributed by atoms with Gasteiger partial charge in [0.15, 0.2) is 0 Å². The Balaban J connectivity index is 1.60. The Morgan fingerprint density at radius 2 is 1.85 bits per heavy atom. The van der Waals surface area contributed by atoms with Gasteiger partial charge in [0.2, 0.25) is 0 Å². The van der Waals surface area contributed by atoms with E-state index in [2.05, 4.69) is 54.2 Å². The SMILES string of the molecule is Brc1ccc(-c2cn(C3CN4CCC3CC4)nn2)cc1. The monoisotopic (exact) mass is 332 g/mol. The van der Waals surface area contributed by atoms with E-state index in [0.29, 0.717) is 6.04 Å². The van der Waals surface area contributed by atoms with E-state index >= 15 is 0 Å². The van der Waals surface area contributed by atoms with Gasteiger partial charge in [-0.15, -0.1) is 5.10 Å². The van der Waals surface area contributed by atoms with Crippen LogP contribution in [-0.4, -0.2) is 39.5 Å². The number of fused-ring (bicyclic) bond motifs is 3. The number of hydrogen-bond acceptors (Lipinski definition) is 3. The second kappa shape index (κ2) is 4.97. The first-order chi connectivity index (χ1) is 9.79. The van der Waals surface area contributed by atoms with E-state index in [9.17, 15) is 0 Å². The predicted molar refractivity (Wildman–Crippen MR) is 81.4 cm³/mol. The van der Waals surface area contributed by atoms with Gasteiger partial charge in [-0.1, -0.05) is 33.3 Å². The molecule has 1 aromatic carbocycles. The summed E-state index contributed by atoms with van der Waals surface area (Å²) in [7, 11) is 0. The maximum Gasteiger partial charge on any atom is 0.113 e. The molecule has 2 bridgehead atoms. The van der Waals surface area contributed by atoms with Crippen molar-refractivity contribution >= 4 is 15.9 Å². The van der Waals surface area contributed by atoms with E-state index < -0.39 is 0 Å². The number of benzene rings is 1. The van der Waals surface area contributed by atoms with Crippen molar-refractivity contribution in [2.75, 3.05) is 19.6 Å². The Bertz CT molecular complexity index is 599. The normalized spacial score (nSPS) is 28.8. The van der Waals surface area contributed by atoms with E-state index in [1.54, 1.807) is 0 Å². The molecule has 3 aliphatic rings. The van der Waals surface area contributed by atoms with Crippen molar-refractivity contribution in [2.24, 2.45) is 5.92 Å². The van der Waals surface area contributed by atoms with Crippen LogP contribution >= 0.6 is 15.9 Å². The van der Waals surface area contributed by atoms with E-state index in [-0.39, 0.29) is 0 Å². The second-order valence-electron chi connectivity index (χ2n) is 5.80. The fourth-order valence-corrected chi connectivity index (χ4v) is 3.69. The molecule has 0 spiro atoms. The van der Waals surface area contributed by atoms with Crippen LogP contribution in [0.2, 0.25) is 0 Å². The molecule has 5 heteroatoms. The maximum atomic E-state index is 4.39. The largest absolute Gasteiger partial charge is 0.301 e. The molecule has 0 aliphatic carbocycles. The van der Waals surface area contributed by atoms with Crippen molar-refractivity contribution in [3.8, 4) is 11.3 Å². The third-order valence-electron chi connectivity index (χ3n) is 4.61. The van der Waals surface area contributed by atoms with Gasteiger partial charge in [-0.05, 0) is 44.0 Å². The van der Waals surface area contributed by atoms with Gasteiger partial charge in [0.05, 0.1) is 12.2 Å². The van der Waals surface area contributed by atoms with Crippen molar-refractivity contribution in [3.05, 3.63) is 34.9 Å². The van der Waals surface area contributed by atoms with Crippen LogP contribution in [0, 0.1) is 5.92 Å². The first-order valence-electron chi connectivity index (χ1n) is 7.20. The van der Waals surface area contributed by atoms with Gasteiger partial charge in [-0.2, -0.15) is 0 Å². The molecule has 0 amide bonds. The summed E-state index contributed by atoms with van der Waals surface area (Å²) in [6, 6.07) is 8.75. The van der Waals surface area contributed by atoms with Crippen LogP contribution in [0.4, 0.5) is 0 Å². The smallest absolute Gasteiger partial charge is 0.113 e. The van der Waals surface area contributed by atoms with Crippen molar-refractivity contribution < 1.29 is 0 Å². The number of piperidine rings is 3. The van der Waals surface area contributed by atoms with Crippen LogP contribution in [0.25, 0.3) is 11.3 Å². The highest BCUT2D eigenvalue weighted by Gasteiger charge is 2.35. The standard InChI is InChI=1S/C15H17BrN4/c16-13-3-1-11(2-4-13)14-9-20(18-17-14)15-10-19-7-5-12(15)6-8-19/h1-4,9,12,15H,5-8,10H2. The Labute approximate surface area is 126 Å². The van der Waals surface area contributed by atoms with Gasteiger partial charge >= 0.3 is 0 Å². The second-order valence-corrected chi connectivity index (χ2v) is 6.71. The van der Waals surface area contributed by atoms with Gasteiger partial charge < -0.3 is 4.90 Å². The fraction of sp³-hybridized carbons (Fsp3) is 0.467. The molecule has 0 N–H and O–H groups in total. The molecule has 104 valence electrons. The molecule has 3 saturated heterocycles. The highest BCUT2D eigenvalue weighted by atomic mass is 79.9. The number of halogens is 1. The number of nitrogens with zero attached hydrogens (tertiary/aromatic N) is 4. The molecule has 0 saturated carbocycles. The molecular formula is C15H17BrN4. The van der Waals surface area contributed by atoms with Crippen LogP contribution < -0.4 is 0 Å². The molecule has 20 heavy (non-hydrogen) atoms. The van der Waals surface area contributed by atoms with Crippen LogP contribution in [0.3, 0.4) is 0 Å². The van der Waals surface area contributed by atoms with Gasteiger partial charge in [-0.25, -0.2) is 4.68 Å². The van der Waals surface area contributed by atoms with Crippen LogP contribution in [-0.2, 0) is 0 Å². The lowest BCUT2D eigenvalue weighted by molar-refractivity contribution is 0.0504. The van der Waals surface area contributed by atoms with E-state index in [0.717, 1.165) is 28.2 Å². The molecule has 1 unspecified atom stereocenters. The summed E-state index contributed by atoms with van der Waals surface area (Å²) in [5.41, 5.74) is 2.09. The van der Waals surface area contributed by atoms with Gasteiger partial charge in [0.25, 0.3) is 0 Å². The molecule has 1 atom stereocenters. The number of aromatic nitrogens is 3. The minimum absolute atomic E-state index is 0.509. The average Bonchev–Trinajstić information content (AvgIpc) is 2.99. The highest BCUT2D eigenvalue weighted by Crippen LogP contribution is 2.35. The minimum atomic E-state index is 0.509. The molecule has 5 rings (SSSR count). The Kier molecular flexibility index (Phi) is 3.11. The lowest BCUT2D eigenvalue weighted by Crippen LogP contribution is -2.48. The lowest BCUT2D eigenvalue weighted by Gasteiger charge is -2.44. The zero-order chi connectivity index (χ0) is 13.5. The van der Waals surface area contributed by atoms with Crippen molar-refractivity contribution in [3.63, 3.8) is 0 Å². The van der Waals surface area contributed by atoms with Crippen molar-refractivity contribution in [1.29, 1.82) is 0 Å². The molecule has 4 heterocycles. The van der Waals surface area contributed by atoms with E-state index in [1.165, 1.54) is 25.9 Å². The third-order valence-corrected chi connectivity index (χ3v) is 5.14. The number of hydrogen-bond donors (Lipinski definition) is 0. The Morgan fingerprint density at radius 3 is 2.50 bits per heavy atom. The van der Waals surface area contributed by atoms with Crippen molar-refractivity contribution in [2.45, 2.75) is 18.9 Å². The molecule has 1 aromatic heterocycles. The Hall–Kier alpha value is -1.20. The van der Waals surface area contributed by atoms with Gasteiger partial charge in [-0.3, -0.25) is 0 Å². The zero-order valence-corrected chi connectivity index (χ0v) is 12.8. The van der Waals surface area contributed by atoms with Crippen LogP contribution in [0.1, 0.15) is 18.9 Å². The molecule has 2 aromatic rings. The van der Waals surface area contributed by atoms with Crippen LogP contribution in [0.5, 0.6) is 0 Å². The summed E-state index contributed by atoms with van der Waals surface area (Å²) >= 11 is 3.46. The number of rotatable bonds is 2. The molecule has 0 radical (unpaired) electrons. The summed E-state index contributed by atoms with van der Waals surface area (Å²) in [5, 5.41) is 8.74. The maximum absolute atomic E-state index is 4.39. The zero-order valence-electron chi connectivity index (χ0n) is 11.2. The van der Waals surface area contributed by atoms with Gasteiger partial charge in [0, 0.05) is 16.6 Å². The van der Waals surface area contributed by atoms with Gasteiger partial charge in [0.1, 0.15) is 5.69 Å². The summed E-state index contributed by atoms with van der Waals surface area (Å²) < 4.78 is 3.18. The van der Waals surface area contributed by atoms with Crippen molar-refractivity contribution in [1.82, 2.24) is 19.9 Å². The fourth-order valence-electron chi connectivity index (χ4n) is 3.43. The predicted octanol–water partition coefficient (Wildman–Crippen LogP) is 2.97. The lowest BCUT2D eigenvalue weighted by atomic mass is 9.84.